The Morgan fingerprint density at radius 2 is 1.81 bits per heavy atom. The van der Waals surface area contributed by atoms with Gasteiger partial charge >= 0.3 is 0 Å². The molecule has 0 bridgehead atoms. The zero-order valence-electron chi connectivity index (χ0n) is 14.9. The summed E-state index contributed by atoms with van der Waals surface area (Å²) in [6, 6.07) is 8.84. The molecule has 1 aliphatic heterocycles. The normalized spacial score (nSPS) is 14.8. The molecule has 2 amide bonds. The predicted molar refractivity (Wildman–Crippen MR) is 99.5 cm³/mol. The minimum Gasteiger partial charge on any atom is -0.335 e. The van der Waals surface area contributed by atoms with Crippen molar-refractivity contribution in [2.75, 3.05) is 43.9 Å². The van der Waals surface area contributed by atoms with Crippen LogP contribution in [-0.4, -0.2) is 64.8 Å². The van der Waals surface area contributed by atoms with Crippen LogP contribution in [0.25, 0.3) is 0 Å². The molecule has 0 radical (unpaired) electrons. The summed E-state index contributed by atoms with van der Waals surface area (Å²) in [5, 5.41) is 5.79. The highest BCUT2D eigenvalue weighted by molar-refractivity contribution is 5.92. The van der Waals surface area contributed by atoms with E-state index in [1.165, 1.54) is 6.92 Å². The van der Waals surface area contributed by atoms with Crippen molar-refractivity contribution in [1.29, 1.82) is 0 Å². The van der Waals surface area contributed by atoms with Crippen molar-refractivity contribution in [2.45, 2.75) is 6.92 Å². The van der Waals surface area contributed by atoms with Crippen molar-refractivity contribution in [1.82, 2.24) is 19.8 Å². The highest BCUT2D eigenvalue weighted by Crippen LogP contribution is 2.18. The Labute approximate surface area is 152 Å². The van der Waals surface area contributed by atoms with Gasteiger partial charge in [-0.05, 0) is 31.3 Å². The van der Waals surface area contributed by atoms with Gasteiger partial charge in [-0.15, -0.1) is 0 Å². The number of nitrogens with one attached hydrogen (secondary N) is 2. The first-order chi connectivity index (χ1) is 12.5. The Bertz CT molecular complexity index is 802. The second-order valence-corrected chi connectivity index (χ2v) is 6.25. The molecule has 0 unspecified atom stereocenters. The van der Waals surface area contributed by atoms with Gasteiger partial charge in [0.05, 0.1) is 0 Å². The van der Waals surface area contributed by atoms with Crippen molar-refractivity contribution in [3.8, 4) is 0 Å². The van der Waals surface area contributed by atoms with E-state index in [1.807, 2.05) is 24.1 Å². The van der Waals surface area contributed by atoms with Crippen molar-refractivity contribution in [3.05, 3.63) is 42.2 Å². The first kappa shape index (κ1) is 17.8. The van der Waals surface area contributed by atoms with Gasteiger partial charge in [0, 0.05) is 50.7 Å². The minimum atomic E-state index is -0.141. The molecule has 1 aliphatic rings. The second kappa shape index (κ2) is 7.92. The van der Waals surface area contributed by atoms with Gasteiger partial charge in [0.1, 0.15) is 5.69 Å². The lowest BCUT2D eigenvalue weighted by atomic mass is 10.2. The maximum absolute atomic E-state index is 12.6. The molecule has 1 saturated heterocycles. The summed E-state index contributed by atoms with van der Waals surface area (Å²) < 4.78 is 0. The predicted octanol–water partition coefficient (Wildman–Crippen LogP) is 1.57. The fraction of sp³-hybridized carbons (Fsp3) is 0.333. The summed E-state index contributed by atoms with van der Waals surface area (Å²) in [7, 11) is 2.05. The second-order valence-electron chi connectivity index (χ2n) is 6.25. The van der Waals surface area contributed by atoms with Crippen LogP contribution >= 0.6 is 0 Å². The van der Waals surface area contributed by atoms with E-state index in [2.05, 4.69) is 25.5 Å². The summed E-state index contributed by atoms with van der Waals surface area (Å²) >= 11 is 0. The number of benzene rings is 1. The summed E-state index contributed by atoms with van der Waals surface area (Å²) in [5.74, 6) is 0.110. The van der Waals surface area contributed by atoms with E-state index in [4.69, 9.17) is 0 Å². The lowest BCUT2D eigenvalue weighted by Crippen LogP contribution is -2.47. The first-order valence-corrected chi connectivity index (χ1v) is 8.47. The van der Waals surface area contributed by atoms with Crippen LogP contribution in [0.4, 0.5) is 17.3 Å². The summed E-state index contributed by atoms with van der Waals surface area (Å²) in [4.78, 5) is 36.3. The third-order valence-electron chi connectivity index (χ3n) is 4.10. The Kier molecular flexibility index (Phi) is 5.43. The van der Waals surface area contributed by atoms with E-state index in [0.717, 1.165) is 18.8 Å². The van der Waals surface area contributed by atoms with Crippen molar-refractivity contribution >= 4 is 29.1 Å². The third kappa shape index (κ3) is 4.54. The van der Waals surface area contributed by atoms with Crippen molar-refractivity contribution in [2.24, 2.45) is 0 Å². The number of carbonyl (C=O) groups is 2. The molecular weight excluding hydrogens is 332 g/mol. The van der Waals surface area contributed by atoms with E-state index < -0.39 is 0 Å². The highest BCUT2D eigenvalue weighted by atomic mass is 16.2. The Morgan fingerprint density at radius 3 is 2.54 bits per heavy atom. The molecule has 136 valence electrons. The number of likely N-dealkylation sites (N-methyl/N-ethyl adjacent to an activating group) is 1. The van der Waals surface area contributed by atoms with Gasteiger partial charge in [-0.3, -0.25) is 9.59 Å². The molecule has 0 spiro atoms. The Morgan fingerprint density at radius 1 is 1.08 bits per heavy atom. The molecule has 3 rings (SSSR count). The van der Waals surface area contributed by atoms with E-state index >= 15 is 0 Å². The first-order valence-electron chi connectivity index (χ1n) is 8.47. The highest BCUT2D eigenvalue weighted by Gasteiger charge is 2.21. The van der Waals surface area contributed by atoms with Gasteiger partial charge in [-0.1, -0.05) is 6.07 Å². The van der Waals surface area contributed by atoms with Crippen LogP contribution in [0.3, 0.4) is 0 Å². The van der Waals surface area contributed by atoms with Gasteiger partial charge in [-0.2, -0.15) is 0 Å². The zero-order chi connectivity index (χ0) is 18.5. The van der Waals surface area contributed by atoms with Crippen LogP contribution in [0.2, 0.25) is 0 Å². The van der Waals surface area contributed by atoms with E-state index in [0.29, 0.717) is 30.4 Å². The standard InChI is InChI=1S/C18H22N6O2/c1-13(25)20-14-4-3-5-15(12-14)21-18-19-7-6-16(22-18)17(26)24-10-8-23(2)9-11-24/h3-7,12H,8-11H2,1-2H3,(H,20,25)(H,19,21,22). The lowest BCUT2D eigenvalue weighted by molar-refractivity contribution is -0.114. The van der Waals surface area contributed by atoms with Crippen LogP contribution < -0.4 is 10.6 Å². The molecule has 2 N–H and O–H groups in total. The fourth-order valence-corrected chi connectivity index (χ4v) is 2.72. The molecule has 1 aromatic heterocycles. The number of carbonyl (C=O) groups excluding carboxylic acids is 2. The maximum atomic E-state index is 12.6. The molecule has 2 heterocycles. The maximum Gasteiger partial charge on any atom is 0.272 e. The van der Waals surface area contributed by atoms with Gasteiger partial charge < -0.3 is 20.4 Å². The number of amides is 2. The number of hydrogen-bond acceptors (Lipinski definition) is 6. The molecule has 0 atom stereocenters. The van der Waals surface area contributed by atoms with Crippen LogP contribution in [0.15, 0.2) is 36.5 Å². The largest absolute Gasteiger partial charge is 0.335 e. The van der Waals surface area contributed by atoms with Crippen LogP contribution in [-0.2, 0) is 4.79 Å². The van der Waals surface area contributed by atoms with Gasteiger partial charge in [-0.25, -0.2) is 9.97 Å². The quantitative estimate of drug-likeness (QED) is 0.866. The molecule has 0 aliphatic carbocycles. The number of anilines is 3. The number of nitrogens with zero attached hydrogens (tertiary/aromatic N) is 4. The zero-order valence-corrected chi connectivity index (χ0v) is 14.9. The number of aromatic nitrogens is 2. The van der Waals surface area contributed by atoms with Gasteiger partial charge in [0.15, 0.2) is 0 Å². The average Bonchev–Trinajstić information content (AvgIpc) is 2.62. The molecule has 26 heavy (non-hydrogen) atoms. The smallest absolute Gasteiger partial charge is 0.272 e. The number of piperazine rings is 1. The fourth-order valence-electron chi connectivity index (χ4n) is 2.72. The third-order valence-corrected chi connectivity index (χ3v) is 4.10. The number of rotatable bonds is 4. The average molecular weight is 354 g/mol. The van der Waals surface area contributed by atoms with Crippen molar-refractivity contribution in [3.63, 3.8) is 0 Å². The molecule has 0 saturated carbocycles. The Hall–Kier alpha value is -3.00. The SMILES string of the molecule is CC(=O)Nc1cccc(Nc2nccc(C(=O)N3CCN(C)CC3)n2)c1. The monoisotopic (exact) mass is 354 g/mol. The van der Waals surface area contributed by atoms with Gasteiger partial charge in [0.2, 0.25) is 11.9 Å². The van der Waals surface area contributed by atoms with Crippen LogP contribution in [0.5, 0.6) is 0 Å². The molecule has 2 aromatic rings. The lowest BCUT2D eigenvalue weighted by Gasteiger charge is -2.32. The Balaban J connectivity index is 1.71. The van der Waals surface area contributed by atoms with E-state index in [9.17, 15) is 9.59 Å². The van der Waals surface area contributed by atoms with Crippen LogP contribution in [0, 0.1) is 0 Å². The summed E-state index contributed by atoms with van der Waals surface area (Å²) in [6.07, 6.45) is 1.57. The summed E-state index contributed by atoms with van der Waals surface area (Å²) in [5.41, 5.74) is 1.76. The molecule has 1 aromatic carbocycles. The number of hydrogen-bond donors (Lipinski definition) is 2. The molecule has 8 nitrogen and oxygen atoms in total. The molecular formula is C18H22N6O2. The van der Waals surface area contributed by atoms with Crippen LogP contribution in [0.1, 0.15) is 17.4 Å². The summed E-state index contributed by atoms with van der Waals surface area (Å²) in [6.45, 7) is 4.56. The van der Waals surface area contributed by atoms with E-state index in [-0.39, 0.29) is 11.8 Å². The molecule has 1 fully saturated rings. The molecule has 8 heteroatoms. The van der Waals surface area contributed by atoms with Gasteiger partial charge in [0.25, 0.3) is 5.91 Å². The minimum absolute atomic E-state index is 0.0875. The topological polar surface area (TPSA) is 90.5 Å². The van der Waals surface area contributed by atoms with Crippen molar-refractivity contribution < 1.29 is 9.59 Å². The van der Waals surface area contributed by atoms with E-state index in [1.54, 1.807) is 24.4 Å².